The molecule has 0 atom stereocenters. The molecule has 0 spiro atoms. The van der Waals surface area contributed by atoms with Crippen molar-refractivity contribution in [1.29, 1.82) is 5.41 Å². The van der Waals surface area contributed by atoms with E-state index in [9.17, 15) is 0 Å². The van der Waals surface area contributed by atoms with Crippen LogP contribution in [0.1, 0.15) is 13.8 Å². The molecule has 0 radical (unpaired) electrons. The van der Waals surface area contributed by atoms with Crippen molar-refractivity contribution in [2.24, 2.45) is 0 Å². The summed E-state index contributed by atoms with van der Waals surface area (Å²) in [4.78, 5) is 0. The van der Waals surface area contributed by atoms with Gasteiger partial charge in [0.1, 0.15) is 5.60 Å². The van der Waals surface area contributed by atoms with Gasteiger partial charge in [0.25, 0.3) is 0 Å². The van der Waals surface area contributed by atoms with Crippen molar-refractivity contribution >= 4 is 5.90 Å². The number of methoxy groups -OCH3 is 2. The highest BCUT2D eigenvalue weighted by Crippen LogP contribution is 2.08. The van der Waals surface area contributed by atoms with Crippen LogP contribution < -0.4 is 0 Å². The summed E-state index contributed by atoms with van der Waals surface area (Å²) in [6.07, 6.45) is 0. The Morgan fingerprint density at radius 3 is 1.89 bits per heavy atom. The maximum atomic E-state index is 7.19. The van der Waals surface area contributed by atoms with Gasteiger partial charge in [-0.15, -0.1) is 0 Å². The van der Waals surface area contributed by atoms with E-state index in [0.29, 0.717) is 0 Å². The summed E-state index contributed by atoms with van der Waals surface area (Å²) in [6, 6.07) is 0. The summed E-state index contributed by atoms with van der Waals surface area (Å²) < 4.78 is 9.60. The van der Waals surface area contributed by atoms with Gasteiger partial charge in [-0.25, -0.2) is 0 Å². The van der Waals surface area contributed by atoms with Crippen molar-refractivity contribution in [2.75, 3.05) is 14.2 Å². The lowest BCUT2D eigenvalue weighted by Crippen LogP contribution is -2.34. The van der Waals surface area contributed by atoms with Crippen molar-refractivity contribution in [3.8, 4) is 0 Å². The molecule has 3 heteroatoms. The maximum absolute atomic E-state index is 7.19. The zero-order valence-corrected chi connectivity index (χ0v) is 6.32. The first kappa shape index (κ1) is 8.43. The Labute approximate surface area is 55.5 Å². The first-order valence-corrected chi connectivity index (χ1v) is 2.72. The van der Waals surface area contributed by atoms with E-state index in [4.69, 9.17) is 10.1 Å². The van der Waals surface area contributed by atoms with E-state index in [1.807, 2.05) is 0 Å². The molecule has 9 heavy (non-hydrogen) atoms. The Kier molecular flexibility index (Phi) is 2.65. The third-order valence-corrected chi connectivity index (χ3v) is 1.26. The molecule has 0 aliphatic heterocycles. The van der Waals surface area contributed by atoms with Crippen molar-refractivity contribution in [1.82, 2.24) is 0 Å². The highest BCUT2D eigenvalue weighted by atomic mass is 16.5. The van der Waals surface area contributed by atoms with Crippen LogP contribution in [0.2, 0.25) is 0 Å². The van der Waals surface area contributed by atoms with Crippen molar-refractivity contribution in [3.63, 3.8) is 0 Å². The zero-order chi connectivity index (χ0) is 7.49. The molecule has 0 saturated carbocycles. The summed E-state index contributed by atoms with van der Waals surface area (Å²) >= 11 is 0. The number of rotatable bonds is 2. The van der Waals surface area contributed by atoms with Crippen LogP contribution in [0, 0.1) is 5.41 Å². The van der Waals surface area contributed by atoms with Crippen LogP contribution in [0.15, 0.2) is 0 Å². The maximum Gasteiger partial charge on any atom is 0.212 e. The zero-order valence-electron chi connectivity index (χ0n) is 6.32. The summed E-state index contributed by atoms with van der Waals surface area (Å²) in [5.41, 5.74) is -0.589. The van der Waals surface area contributed by atoms with Gasteiger partial charge in [0.15, 0.2) is 0 Å². The monoisotopic (exact) mass is 131 g/mol. The average molecular weight is 131 g/mol. The summed E-state index contributed by atoms with van der Waals surface area (Å²) in [6.45, 7) is 3.55. The number of ether oxygens (including phenoxy) is 2. The van der Waals surface area contributed by atoms with E-state index in [1.54, 1.807) is 21.0 Å². The van der Waals surface area contributed by atoms with E-state index in [1.165, 1.54) is 7.11 Å². The molecule has 0 fully saturated rings. The van der Waals surface area contributed by atoms with Crippen LogP contribution in [0.3, 0.4) is 0 Å². The van der Waals surface area contributed by atoms with Gasteiger partial charge < -0.3 is 9.47 Å². The minimum Gasteiger partial charge on any atom is -0.482 e. The van der Waals surface area contributed by atoms with Crippen LogP contribution in [0.5, 0.6) is 0 Å². The highest BCUT2D eigenvalue weighted by Gasteiger charge is 2.23. The summed E-state index contributed by atoms with van der Waals surface area (Å²) in [5, 5.41) is 7.19. The van der Waals surface area contributed by atoms with Gasteiger partial charge >= 0.3 is 0 Å². The normalized spacial score (nSPS) is 11.1. The molecule has 0 aromatic heterocycles. The van der Waals surface area contributed by atoms with Gasteiger partial charge in [0.05, 0.1) is 7.11 Å². The fourth-order valence-corrected chi connectivity index (χ4v) is 0.338. The Hall–Kier alpha value is -0.570. The lowest BCUT2D eigenvalue weighted by Gasteiger charge is -2.21. The second-order valence-electron chi connectivity index (χ2n) is 2.25. The Balaban J connectivity index is 3.97. The van der Waals surface area contributed by atoms with Crippen LogP contribution >= 0.6 is 0 Å². The molecular formula is C6H13NO2. The quantitative estimate of drug-likeness (QED) is 0.449. The molecule has 54 valence electrons. The van der Waals surface area contributed by atoms with Crippen LogP contribution in [0.4, 0.5) is 0 Å². The van der Waals surface area contributed by atoms with Crippen LogP contribution in [-0.4, -0.2) is 25.7 Å². The Morgan fingerprint density at radius 2 is 1.78 bits per heavy atom. The molecular weight excluding hydrogens is 118 g/mol. The smallest absolute Gasteiger partial charge is 0.212 e. The molecule has 0 unspecified atom stereocenters. The van der Waals surface area contributed by atoms with Gasteiger partial charge in [-0.2, -0.15) is 0 Å². The van der Waals surface area contributed by atoms with Gasteiger partial charge in [0.2, 0.25) is 5.90 Å². The minimum absolute atomic E-state index is 0.144. The average Bonchev–Trinajstić information content (AvgIpc) is 1.86. The molecule has 0 heterocycles. The molecule has 3 nitrogen and oxygen atoms in total. The van der Waals surface area contributed by atoms with Crippen LogP contribution in [-0.2, 0) is 9.47 Å². The lowest BCUT2D eigenvalue weighted by atomic mass is 10.1. The molecule has 1 N–H and O–H groups in total. The van der Waals surface area contributed by atoms with Gasteiger partial charge in [-0.3, -0.25) is 5.41 Å². The Bertz CT molecular complexity index is 110. The van der Waals surface area contributed by atoms with E-state index in [2.05, 4.69) is 4.74 Å². The molecule has 0 saturated heterocycles. The first-order chi connectivity index (χ1) is 4.04. The summed E-state index contributed by atoms with van der Waals surface area (Å²) in [5.74, 6) is 0.144. The predicted octanol–water partition coefficient (Wildman–Crippen LogP) is 1.04. The molecule has 0 amide bonds. The molecule has 0 bridgehead atoms. The number of hydrogen-bond donors (Lipinski definition) is 1. The largest absolute Gasteiger partial charge is 0.482 e. The molecule has 0 aromatic rings. The second kappa shape index (κ2) is 2.82. The van der Waals surface area contributed by atoms with E-state index >= 15 is 0 Å². The van der Waals surface area contributed by atoms with Crippen molar-refractivity contribution < 1.29 is 9.47 Å². The Morgan fingerprint density at radius 1 is 1.33 bits per heavy atom. The fourth-order valence-electron chi connectivity index (χ4n) is 0.338. The third kappa shape index (κ3) is 2.01. The third-order valence-electron chi connectivity index (χ3n) is 1.26. The molecule has 0 aliphatic rings. The summed E-state index contributed by atoms with van der Waals surface area (Å²) in [7, 11) is 3.01. The van der Waals surface area contributed by atoms with Crippen molar-refractivity contribution in [2.45, 2.75) is 19.4 Å². The van der Waals surface area contributed by atoms with E-state index in [-0.39, 0.29) is 5.90 Å². The van der Waals surface area contributed by atoms with Crippen molar-refractivity contribution in [3.05, 3.63) is 0 Å². The first-order valence-electron chi connectivity index (χ1n) is 2.72. The van der Waals surface area contributed by atoms with Gasteiger partial charge in [-0.1, -0.05) is 0 Å². The molecule has 0 aliphatic carbocycles. The highest BCUT2D eigenvalue weighted by molar-refractivity contribution is 5.81. The standard InChI is InChI=1S/C6H13NO2/c1-6(2,9-4)5(7)8-3/h7H,1-4H3. The lowest BCUT2D eigenvalue weighted by molar-refractivity contribution is 0.0614. The van der Waals surface area contributed by atoms with Crippen LogP contribution in [0.25, 0.3) is 0 Å². The van der Waals surface area contributed by atoms with Gasteiger partial charge in [-0.05, 0) is 13.8 Å². The predicted molar refractivity (Wildman–Crippen MR) is 35.8 cm³/mol. The SMILES string of the molecule is COC(=N)C(C)(C)OC. The topological polar surface area (TPSA) is 42.3 Å². The fraction of sp³-hybridized carbons (Fsp3) is 0.833. The molecule has 0 aromatic carbocycles. The number of nitrogens with one attached hydrogen (secondary N) is 1. The van der Waals surface area contributed by atoms with E-state index < -0.39 is 5.60 Å². The second-order valence-corrected chi connectivity index (χ2v) is 2.25. The van der Waals surface area contributed by atoms with E-state index in [0.717, 1.165) is 0 Å². The molecule has 0 rings (SSSR count). The number of hydrogen-bond acceptors (Lipinski definition) is 3. The van der Waals surface area contributed by atoms with Gasteiger partial charge in [0, 0.05) is 7.11 Å². The minimum atomic E-state index is -0.589.